The summed E-state index contributed by atoms with van der Waals surface area (Å²) < 4.78 is 14.5. The lowest BCUT2D eigenvalue weighted by Gasteiger charge is -2.44. The normalized spacial score (nSPS) is 30.0. The van der Waals surface area contributed by atoms with Crippen molar-refractivity contribution >= 4 is 11.5 Å². The quantitative estimate of drug-likeness (QED) is 0.508. The summed E-state index contributed by atoms with van der Waals surface area (Å²) in [6.07, 6.45) is 15.0. The van der Waals surface area contributed by atoms with Gasteiger partial charge in [0.2, 0.25) is 0 Å². The Balaban J connectivity index is 1.27. The topological polar surface area (TPSA) is 82.1 Å². The lowest BCUT2D eigenvalue weighted by molar-refractivity contribution is 0.181. The number of nitrogens with zero attached hydrogens (tertiary/aromatic N) is 5. The van der Waals surface area contributed by atoms with E-state index in [1.807, 2.05) is 6.07 Å². The minimum absolute atomic E-state index is 0.00972. The van der Waals surface area contributed by atoms with Gasteiger partial charge in [-0.15, -0.1) is 0 Å². The van der Waals surface area contributed by atoms with Gasteiger partial charge in [0.1, 0.15) is 23.9 Å². The van der Waals surface area contributed by atoms with Crippen molar-refractivity contribution in [3.05, 3.63) is 45.9 Å². The highest BCUT2D eigenvalue weighted by Gasteiger charge is 2.48. The van der Waals surface area contributed by atoms with Crippen LogP contribution in [-0.2, 0) is 31.1 Å². The van der Waals surface area contributed by atoms with E-state index in [0.29, 0.717) is 24.2 Å². The van der Waals surface area contributed by atoms with Gasteiger partial charge in [0.05, 0.1) is 11.3 Å². The molecule has 0 amide bonds. The number of nitriles is 1. The Hall–Kier alpha value is -2.72. The molecular formula is C33H43FN6. The van der Waals surface area contributed by atoms with Crippen LogP contribution < -0.4 is 10.6 Å². The van der Waals surface area contributed by atoms with Crippen molar-refractivity contribution in [1.82, 2.24) is 14.9 Å². The molecule has 212 valence electrons. The fraction of sp³-hybridized carbons (Fsp3) is 0.667. The maximum atomic E-state index is 14.5. The summed E-state index contributed by atoms with van der Waals surface area (Å²) in [5, 5.41) is 10.1. The first kappa shape index (κ1) is 26.2. The number of halogens is 1. The summed E-state index contributed by atoms with van der Waals surface area (Å²) in [6, 6.07) is 6.55. The maximum Gasteiger partial charge on any atom is 0.135 e. The molecule has 0 radical (unpaired) electrons. The Morgan fingerprint density at radius 2 is 1.85 bits per heavy atom. The van der Waals surface area contributed by atoms with E-state index in [0.717, 1.165) is 89.1 Å². The SMILES string of the molecule is N#Cc1c(N)ccc2c1C1(CCC2)CCc2c(nc(CCC34CCCN3CC(F)C4)nc2N2CCCCCC2)C1. The van der Waals surface area contributed by atoms with Gasteiger partial charge in [-0.1, -0.05) is 18.9 Å². The van der Waals surface area contributed by atoms with Gasteiger partial charge in [0, 0.05) is 48.3 Å². The van der Waals surface area contributed by atoms with Crippen molar-refractivity contribution in [3.8, 4) is 6.07 Å². The zero-order chi connectivity index (χ0) is 27.3. The Bertz CT molecular complexity index is 1330. The minimum Gasteiger partial charge on any atom is -0.398 e. The average molecular weight is 543 g/mol. The Morgan fingerprint density at radius 3 is 2.67 bits per heavy atom. The van der Waals surface area contributed by atoms with Crippen LogP contribution in [0.1, 0.15) is 104 Å². The second-order valence-corrected chi connectivity index (χ2v) is 13.4. The smallest absolute Gasteiger partial charge is 0.135 e. The second-order valence-electron chi connectivity index (χ2n) is 13.4. The van der Waals surface area contributed by atoms with E-state index in [4.69, 9.17) is 15.7 Å². The van der Waals surface area contributed by atoms with Crippen LogP contribution in [0.15, 0.2) is 12.1 Å². The molecule has 3 unspecified atom stereocenters. The fourth-order valence-electron chi connectivity index (χ4n) is 9.12. The van der Waals surface area contributed by atoms with Gasteiger partial charge in [-0.05, 0) is 101 Å². The number of nitrogen functional groups attached to an aromatic ring is 1. The Labute approximate surface area is 238 Å². The van der Waals surface area contributed by atoms with Crippen molar-refractivity contribution in [2.24, 2.45) is 0 Å². The summed E-state index contributed by atoms with van der Waals surface area (Å²) >= 11 is 0. The molecule has 4 heterocycles. The van der Waals surface area contributed by atoms with Crippen LogP contribution in [0.3, 0.4) is 0 Å². The zero-order valence-corrected chi connectivity index (χ0v) is 23.9. The number of aryl methyl sites for hydroxylation is 2. The number of hydrogen-bond acceptors (Lipinski definition) is 6. The van der Waals surface area contributed by atoms with Gasteiger partial charge >= 0.3 is 0 Å². The van der Waals surface area contributed by atoms with Crippen LogP contribution in [-0.4, -0.2) is 52.8 Å². The largest absolute Gasteiger partial charge is 0.398 e. The van der Waals surface area contributed by atoms with E-state index < -0.39 is 6.17 Å². The van der Waals surface area contributed by atoms with Crippen molar-refractivity contribution in [1.29, 1.82) is 5.26 Å². The number of benzene rings is 1. The molecule has 3 aliphatic heterocycles. The molecule has 0 saturated carbocycles. The first-order chi connectivity index (χ1) is 19.5. The van der Waals surface area contributed by atoms with Crippen LogP contribution in [0, 0.1) is 11.3 Å². The second kappa shape index (κ2) is 10.3. The van der Waals surface area contributed by atoms with E-state index in [1.165, 1.54) is 54.5 Å². The molecule has 2 aliphatic carbocycles. The lowest BCUT2D eigenvalue weighted by Crippen LogP contribution is -2.40. The van der Waals surface area contributed by atoms with E-state index in [9.17, 15) is 9.65 Å². The van der Waals surface area contributed by atoms with Crippen LogP contribution >= 0.6 is 0 Å². The number of anilines is 2. The average Bonchev–Trinajstić information content (AvgIpc) is 3.33. The number of fused-ring (bicyclic) bond motifs is 4. The van der Waals surface area contributed by atoms with E-state index >= 15 is 0 Å². The summed E-state index contributed by atoms with van der Waals surface area (Å²) in [7, 11) is 0. The fourth-order valence-corrected chi connectivity index (χ4v) is 9.12. The van der Waals surface area contributed by atoms with Gasteiger partial charge < -0.3 is 10.6 Å². The first-order valence-corrected chi connectivity index (χ1v) is 15.8. The van der Waals surface area contributed by atoms with Crippen LogP contribution in [0.5, 0.6) is 0 Å². The Morgan fingerprint density at radius 1 is 1.00 bits per heavy atom. The molecule has 1 aromatic heterocycles. The third kappa shape index (κ3) is 4.38. The van der Waals surface area contributed by atoms with E-state index in [1.54, 1.807) is 0 Å². The summed E-state index contributed by atoms with van der Waals surface area (Å²) in [5.74, 6) is 2.10. The lowest BCUT2D eigenvalue weighted by atomic mass is 9.61. The van der Waals surface area contributed by atoms with E-state index in [2.05, 4.69) is 21.9 Å². The number of aromatic nitrogens is 2. The van der Waals surface area contributed by atoms with Crippen molar-refractivity contribution in [3.63, 3.8) is 0 Å². The molecular weight excluding hydrogens is 499 g/mol. The predicted octanol–water partition coefficient (Wildman–Crippen LogP) is 5.58. The van der Waals surface area contributed by atoms with Crippen molar-refractivity contribution < 1.29 is 4.39 Å². The van der Waals surface area contributed by atoms with Crippen LogP contribution in [0.4, 0.5) is 15.9 Å². The van der Waals surface area contributed by atoms with Gasteiger partial charge in [-0.2, -0.15) is 5.26 Å². The highest BCUT2D eigenvalue weighted by atomic mass is 19.1. The molecule has 3 fully saturated rings. The molecule has 0 bridgehead atoms. The van der Waals surface area contributed by atoms with E-state index in [-0.39, 0.29) is 11.0 Å². The molecule has 7 rings (SSSR count). The zero-order valence-electron chi connectivity index (χ0n) is 23.9. The third-order valence-electron chi connectivity index (χ3n) is 11.0. The predicted molar refractivity (Wildman–Crippen MR) is 156 cm³/mol. The molecule has 40 heavy (non-hydrogen) atoms. The molecule has 3 saturated heterocycles. The molecule has 5 aliphatic rings. The monoisotopic (exact) mass is 542 g/mol. The van der Waals surface area contributed by atoms with Crippen molar-refractivity contribution in [2.75, 3.05) is 36.8 Å². The maximum absolute atomic E-state index is 14.5. The van der Waals surface area contributed by atoms with Gasteiger partial charge in [0.15, 0.2) is 0 Å². The molecule has 7 heteroatoms. The number of alkyl halides is 1. The third-order valence-corrected chi connectivity index (χ3v) is 11.0. The molecule has 3 atom stereocenters. The number of hydrogen-bond donors (Lipinski definition) is 1. The number of nitrogens with two attached hydrogens (primary N) is 1. The highest BCUT2D eigenvalue weighted by molar-refractivity contribution is 5.64. The Kier molecular flexibility index (Phi) is 6.73. The van der Waals surface area contributed by atoms with Gasteiger partial charge in [-0.3, -0.25) is 4.90 Å². The number of rotatable bonds is 4. The van der Waals surface area contributed by atoms with Gasteiger partial charge in [-0.25, -0.2) is 14.4 Å². The van der Waals surface area contributed by atoms with Crippen LogP contribution in [0.25, 0.3) is 0 Å². The summed E-state index contributed by atoms with van der Waals surface area (Å²) in [4.78, 5) is 15.6. The molecule has 6 nitrogen and oxygen atoms in total. The minimum atomic E-state index is -0.703. The standard InChI is InChI=1S/C33H43FN6/c34-24-19-33(13-6-18-40(33)22-24)15-11-29-37-28-20-32(12-5-7-23-8-9-27(36)26(21-35)30(23)32)14-10-25(28)31(38-29)39-16-3-1-2-4-17-39/h8-9,24H,1-7,10-20,22,36H2. The summed E-state index contributed by atoms with van der Waals surface area (Å²) in [5.41, 5.74) is 12.6. The molecule has 1 spiro atoms. The van der Waals surface area contributed by atoms with Gasteiger partial charge in [0.25, 0.3) is 0 Å². The van der Waals surface area contributed by atoms with Crippen LogP contribution in [0.2, 0.25) is 0 Å². The van der Waals surface area contributed by atoms with Crippen molar-refractivity contribution in [2.45, 2.75) is 113 Å². The highest BCUT2D eigenvalue weighted by Crippen LogP contribution is 2.50. The summed E-state index contributed by atoms with van der Waals surface area (Å²) in [6.45, 7) is 3.74. The molecule has 2 aromatic rings. The first-order valence-electron chi connectivity index (χ1n) is 15.8. The molecule has 2 N–H and O–H groups in total. The molecule has 1 aromatic carbocycles.